The van der Waals surface area contributed by atoms with Crippen LogP contribution in [0.25, 0.3) is 21.3 Å². The summed E-state index contributed by atoms with van der Waals surface area (Å²) >= 11 is 21.3. The number of aromatic nitrogens is 2. The van der Waals surface area contributed by atoms with Gasteiger partial charge in [-0.15, -0.1) is 22.7 Å². The third-order valence-electron chi connectivity index (χ3n) is 14.1. The first-order chi connectivity index (χ1) is 39.0. The maximum Gasteiger partial charge on any atom is 0.253 e. The zero-order chi connectivity index (χ0) is 57.3. The second-order valence-electron chi connectivity index (χ2n) is 19.7. The van der Waals surface area contributed by atoms with Crippen LogP contribution in [0.5, 0.6) is 0 Å². The van der Waals surface area contributed by atoms with E-state index in [4.69, 9.17) is 53.3 Å². The summed E-state index contributed by atoms with van der Waals surface area (Å²) in [5, 5.41) is 8.12. The van der Waals surface area contributed by atoms with Crippen molar-refractivity contribution in [1.82, 2.24) is 29.6 Å². The topological polar surface area (TPSA) is 244 Å². The van der Waals surface area contributed by atoms with Gasteiger partial charge in [-0.3, -0.25) is 19.2 Å². The summed E-state index contributed by atoms with van der Waals surface area (Å²) in [5.41, 5.74) is 2.17. The van der Waals surface area contributed by atoms with Gasteiger partial charge in [-0.05, 0) is 86.2 Å². The number of amides is 4. The summed E-state index contributed by atoms with van der Waals surface area (Å²) in [7, 11) is -8.47. The van der Waals surface area contributed by atoms with Crippen LogP contribution in [0.4, 0.5) is 11.4 Å². The zero-order valence-electron chi connectivity index (χ0n) is 44.3. The normalized spacial score (nSPS) is 17.5. The number of likely N-dealkylation sites (tertiary alicyclic amines) is 2. The van der Waals surface area contributed by atoms with E-state index in [1.807, 2.05) is 13.0 Å². The minimum Gasteiger partial charge on any atom is -0.370 e. The minimum atomic E-state index is -4.30. The van der Waals surface area contributed by atoms with Crippen molar-refractivity contribution < 1.29 is 54.5 Å². The molecule has 0 bridgehead atoms. The fourth-order valence-electron chi connectivity index (χ4n) is 10.1. The summed E-state index contributed by atoms with van der Waals surface area (Å²) in [6, 6.07) is 17.6. The highest BCUT2D eigenvalue weighted by atomic mass is 35.5. The maximum absolute atomic E-state index is 13.9. The Morgan fingerprint density at radius 2 is 1.02 bits per heavy atom. The van der Waals surface area contributed by atoms with Crippen molar-refractivity contribution in [3.05, 3.63) is 103 Å². The lowest BCUT2D eigenvalue weighted by Crippen LogP contribution is -2.50. The number of sulfonamides is 2. The fraction of sp³-hybridized carbons (Fsp3) is 0.444. The van der Waals surface area contributed by atoms with E-state index in [2.05, 4.69) is 19.8 Å². The van der Waals surface area contributed by atoms with Crippen molar-refractivity contribution in [2.45, 2.75) is 99.4 Å². The predicted molar refractivity (Wildman–Crippen MR) is 309 cm³/mol. The number of thiophene rings is 2. The van der Waals surface area contributed by atoms with E-state index in [0.717, 1.165) is 61.1 Å². The highest BCUT2D eigenvalue weighted by molar-refractivity contribution is 7.90. The standard InChI is InChI=1S/C28H33ClN4O6S2.C26H28Cl2N4O6S2/c1-2-20-22(33-14-15-38-18-27(33)34)8-7-9-25(20)41(36,37)31-21(28(35)32-12-5-3-4-6-13-32)16-19-17-23(39-30-19)24-10-11-26(29)40-24;27-23-9-8-21(39-23)20-15-17(29-38-20)14-18(26(34)31-10-3-1-2-4-11-31)30-40(35,36)22-7-5-6-19(25(22)28)32-12-13-37-16-24(32)33/h7-11,17,21,31H,2-6,12-16,18H2,1H3;5-9,15,18,30H,1-4,10-14,16H2/t21-;18-/m00/s1. The van der Waals surface area contributed by atoms with Gasteiger partial charge in [0.15, 0.2) is 11.5 Å². The summed E-state index contributed by atoms with van der Waals surface area (Å²) in [4.78, 5) is 60.3. The van der Waals surface area contributed by atoms with E-state index in [1.54, 1.807) is 63.2 Å². The van der Waals surface area contributed by atoms with E-state index in [9.17, 15) is 36.0 Å². The molecule has 0 aliphatic carbocycles. The molecule has 434 valence electrons. The number of nitrogens with one attached hydrogen (secondary N) is 2. The zero-order valence-corrected chi connectivity index (χ0v) is 49.8. The molecule has 4 saturated heterocycles. The van der Waals surface area contributed by atoms with Gasteiger partial charge in [-0.1, -0.05) is 89.9 Å². The Morgan fingerprint density at radius 1 is 0.593 bits per heavy atom. The molecule has 0 saturated carbocycles. The molecule has 4 fully saturated rings. The Balaban J connectivity index is 0.000000196. The SMILES string of the molecule is CCc1c(N2CCOCC2=O)cccc1S(=O)(=O)N[C@@H](Cc1cc(-c2ccc(Cl)s2)on1)C(=O)N1CCCCCC1.O=C([C@H](Cc1cc(-c2ccc(Cl)s2)on1)NS(=O)(=O)c1cccc(N2CCOCC2=O)c1Cl)N1CCCCCC1. The number of nitrogens with zero attached hydrogens (tertiary/aromatic N) is 6. The number of anilines is 2. The van der Waals surface area contributed by atoms with Crippen LogP contribution in [0.15, 0.2) is 91.6 Å². The average molecular weight is 1250 g/mol. The molecular weight excluding hydrogens is 1190 g/mol. The van der Waals surface area contributed by atoms with Gasteiger partial charge in [0.2, 0.25) is 31.9 Å². The van der Waals surface area contributed by atoms with Gasteiger partial charge in [-0.25, -0.2) is 16.8 Å². The van der Waals surface area contributed by atoms with E-state index in [1.165, 1.54) is 45.8 Å². The first kappa shape index (κ1) is 60.3. The van der Waals surface area contributed by atoms with Crippen LogP contribution >= 0.6 is 57.5 Å². The molecule has 81 heavy (non-hydrogen) atoms. The molecular formula is C54H61Cl3N8O12S4. The predicted octanol–water partition coefficient (Wildman–Crippen LogP) is 8.64. The van der Waals surface area contributed by atoms with Crippen molar-refractivity contribution in [2.75, 3.05) is 75.5 Å². The number of benzene rings is 2. The number of ether oxygens (including phenoxy) is 2. The highest BCUT2D eigenvalue weighted by Crippen LogP contribution is 2.36. The van der Waals surface area contributed by atoms with E-state index >= 15 is 0 Å². The molecule has 0 spiro atoms. The molecule has 27 heteroatoms. The fourth-order valence-corrected chi connectivity index (χ4v) is 15.4. The summed E-state index contributed by atoms with van der Waals surface area (Å²) in [6.07, 6.45) is 7.88. The first-order valence-corrected chi connectivity index (χ1v) is 32.4. The summed E-state index contributed by atoms with van der Waals surface area (Å²) < 4.78 is 83.2. The van der Waals surface area contributed by atoms with Crippen molar-refractivity contribution in [3.8, 4) is 21.3 Å². The van der Waals surface area contributed by atoms with Crippen molar-refractivity contribution in [3.63, 3.8) is 0 Å². The van der Waals surface area contributed by atoms with Crippen LogP contribution in [0.1, 0.15) is 75.2 Å². The van der Waals surface area contributed by atoms with Gasteiger partial charge in [-0.2, -0.15) is 9.44 Å². The van der Waals surface area contributed by atoms with E-state index in [0.29, 0.717) is 95.2 Å². The monoisotopic (exact) mass is 1250 g/mol. The molecule has 4 amide bonds. The quantitative estimate of drug-likeness (QED) is 0.0868. The van der Waals surface area contributed by atoms with Crippen molar-refractivity contribution >= 4 is 113 Å². The Hall–Kier alpha value is -5.25. The largest absolute Gasteiger partial charge is 0.370 e. The van der Waals surface area contributed by atoms with Gasteiger partial charge in [0, 0.05) is 69.9 Å². The molecule has 2 aromatic carbocycles. The van der Waals surface area contributed by atoms with Crippen LogP contribution in [-0.2, 0) is 68.0 Å². The maximum atomic E-state index is 13.9. The molecule has 2 N–H and O–H groups in total. The lowest BCUT2D eigenvalue weighted by Gasteiger charge is -2.30. The Morgan fingerprint density at radius 3 is 1.46 bits per heavy atom. The molecule has 6 aromatic rings. The molecule has 4 aromatic heterocycles. The van der Waals surface area contributed by atoms with Gasteiger partial charge in [0.25, 0.3) is 11.8 Å². The molecule has 4 aliphatic heterocycles. The van der Waals surface area contributed by atoms with Crippen LogP contribution in [-0.4, -0.2) is 138 Å². The highest BCUT2D eigenvalue weighted by Gasteiger charge is 2.36. The van der Waals surface area contributed by atoms with Crippen LogP contribution < -0.4 is 19.2 Å². The van der Waals surface area contributed by atoms with Gasteiger partial charge in [0.1, 0.15) is 30.2 Å². The van der Waals surface area contributed by atoms with Gasteiger partial charge in [0.05, 0.1) is 58.6 Å². The van der Waals surface area contributed by atoms with Crippen LogP contribution in [0, 0.1) is 0 Å². The number of carbonyl (C=O) groups is 4. The lowest BCUT2D eigenvalue weighted by molar-refractivity contribution is -0.133. The third kappa shape index (κ3) is 14.9. The van der Waals surface area contributed by atoms with Crippen LogP contribution in [0.3, 0.4) is 0 Å². The molecule has 2 atom stereocenters. The summed E-state index contributed by atoms with van der Waals surface area (Å²) in [5.74, 6) is -0.213. The lowest BCUT2D eigenvalue weighted by atomic mass is 10.1. The van der Waals surface area contributed by atoms with Gasteiger partial charge >= 0.3 is 0 Å². The molecule has 0 radical (unpaired) electrons. The number of halogens is 3. The number of morpholine rings is 2. The number of hydrogen-bond donors (Lipinski definition) is 2. The molecule has 0 unspecified atom stereocenters. The Labute approximate surface area is 493 Å². The van der Waals surface area contributed by atoms with Crippen LogP contribution in [0.2, 0.25) is 13.7 Å². The van der Waals surface area contributed by atoms with Crippen molar-refractivity contribution in [2.24, 2.45) is 0 Å². The van der Waals surface area contributed by atoms with Crippen molar-refractivity contribution in [1.29, 1.82) is 0 Å². The Bertz CT molecular complexity index is 3430. The molecule has 4 aliphatic rings. The van der Waals surface area contributed by atoms with Gasteiger partial charge < -0.3 is 38.1 Å². The second-order valence-corrected chi connectivity index (χ2v) is 26.9. The molecule has 8 heterocycles. The first-order valence-electron chi connectivity index (χ1n) is 26.7. The Kier molecular flexibility index (Phi) is 20.4. The second kappa shape index (κ2) is 27.4. The smallest absolute Gasteiger partial charge is 0.253 e. The van der Waals surface area contributed by atoms with E-state index in [-0.39, 0.29) is 76.7 Å². The average Bonchev–Trinajstić information content (AvgIpc) is 4.44. The number of carbonyl (C=O) groups excluding carboxylic acids is 4. The third-order valence-corrected chi connectivity index (χ3v) is 20.2. The number of rotatable bonds is 17. The summed E-state index contributed by atoms with van der Waals surface area (Å²) in [6.45, 7) is 5.17. The van der Waals surface area contributed by atoms with E-state index < -0.39 is 32.1 Å². The minimum absolute atomic E-state index is 0.0142. The molecule has 20 nitrogen and oxygen atoms in total. The number of hydrogen-bond acceptors (Lipinski definition) is 16. The molecule has 10 rings (SSSR count).